The van der Waals surface area contributed by atoms with Gasteiger partial charge in [-0.3, -0.25) is 4.90 Å². The molecule has 0 N–H and O–H groups in total. The zero-order valence-corrected chi connectivity index (χ0v) is 17.7. The summed E-state index contributed by atoms with van der Waals surface area (Å²) in [6.07, 6.45) is 2.66. The number of likely N-dealkylation sites (N-methyl/N-ethyl adjacent to an activating group) is 1. The largest absolute Gasteiger partial charge is 0.497 e. The van der Waals surface area contributed by atoms with Crippen LogP contribution in [-0.2, 0) is 20.6 Å². The van der Waals surface area contributed by atoms with Gasteiger partial charge in [-0.25, -0.2) is 0 Å². The van der Waals surface area contributed by atoms with Gasteiger partial charge in [-0.1, -0.05) is 6.07 Å². The minimum atomic E-state index is -0.365. The van der Waals surface area contributed by atoms with Crippen molar-refractivity contribution < 1.29 is 18.8 Å². The predicted molar refractivity (Wildman–Crippen MR) is 109 cm³/mol. The third kappa shape index (κ3) is 5.05. The maximum Gasteiger partial charge on any atom is 0.495 e. The molecule has 150 valence electrons. The molecule has 0 amide bonds. The average molecular weight is 375 g/mol. The molecule has 27 heavy (non-hydrogen) atoms. The smallest absolute Gasteiger partial charge is 0.495 e. The lowest BCUT2D eigenvalue weighted by atomic mass is 9.75. The Balaban J connectivity index is 1.67. The molecule has 0 atom stereocenters. The highest BCUT2D eigenvalue weighted by molar-refractivity contribution is 6.62. The van der Waals surface area contributed by atoms with E-state index in [1.54, 1.807) is 7.11 Å². The van der Waals surface area contributed by atoms with Crippen molar-refractivity contribution in [1.29, 1.82) is 0 Å². The molecule has 1 aromatic rings. The van der Waals surface area contributed by atoms with Crippen LogP contribution in [0, 0.1) is 5.92 Å². The zero-order valence-electron chi connectivity index (χ0n) is 17.7. The van der Waals surface area contributed by atoms with Crippen molar-refractivity contribution in [3.8, 4) is 5.75 Å². The second kappa shape index (κ2) is 8.12. The van der Waals surface area contributed by atoms with Crippen LogP contribution in [0.2, 0.25) is 0 Å². The van der Waals surface area contributed by atoms with E-state index in [0.717, 1.165) is 49.0 Å². The monoisotopic (exact) mass is 375 g/mol. The molecule has 2 fully saturated rings. The maximum atomic E-state index is 6.27. The summed E-state index contributed by atoms with van der Waals surface area (Å²) in [5.41, 5.74) is 1.53. The summed E-state index contributed by atoms with van der Waals surface area (Å²) >= 11 is 0. The number of methoxy groups -OCH3 is 1. The van der Waals surface area contributed by atoms with E-state index in [9.17, 15) is 0 Å². The Morgan fingerprint density at radius 3 is 2.41 bits per heavy atom. The van der Waals surface area contributed by atoms with Crippen LogP contribution in [0.4, 0.5) is 0 Å². The minimum Gasteiger partial charge on any atom is -0.497 e. The van der Waals surface area contributed by atoms with Crippen LogP contribution in [-0.4, -0.2) is 57.1 Å². The number of benzene rings is 1. The molecule has 1 aromatic carbocycles. The van der Waals surface area contributed by atoms with Crippen LogP contribution in [0.25, 0.3) is 0 Å². The first-order chi connectivity index (χ1) is 12.7. The van der Waals surface area contributed by atoms with E-state index in [2.05, 4.69) is 51.8 Å². The highest BCUT2D eigenvalue weighted by Gasteiger charge is 2.52. The topological polar surface area (TPSA) is 40.2 Å². The van der Waals surface area contributed by atoms with Crippen molar-refractivity contribution in [1.82, 2.24) is 4.90 Å². The van der Waals surface area contributed by atoms with Crippen molar-refractivity contribution in [2.24, 2.45) is 5.92 Å². The number of rotatable bonds is 9. The van der Waals surface area contributed by atoms with Crippen molar-refractivity contribution in [2.45, 2.75) is 58.3 Å². The van der Waals surface area contributed by atoms with Crippen molar-refractivity contribution in [2.75, 3.05) is 33.9 Å². The summed E-state index contributed by atoms with van der Waals surface area (Å²) in [6.45, 7) is 11.7. The van der Waals surface area contributed by atoms with Crippen LogP contribution in [0.15, 0.2) is 18.2 Å². The summed E-state index contributed by atoms with van der Waals surface area (Å²) in [7, 11) is 3.45. The molecular weight excluding hydrogens is 341 g/mol. The van der Waals surface area contributed by atoms with Gasteiger partial charge in [0.25, 0.3) is 0 Å². The molecule has 0 bridgehead atoms. The van der Waals surface area contributed by atoms with E-state index in [1.807, 2.05) is 6.07 Å². The molecule has 1 saturated heterocycles. The van der Waals surface area contributed by atoms with Crippen LogP contribution < -0.4 is 10.2 Å². The third-order valence-corrected chi connectivity index (χ3v) is 5.97. The molecule has 2 aliphatic rings. The van der Waals surface area contributed by atoms with Gasteiger partial charge in [-0.2, -0.15) is 0 Å². The number of hydrogen-bond donors (Lipinski definition) is 0. The van der Waals surface area contributed by atoms with Gasteiger partial charge in [-0.05, 0) is 76.7 Å². The van der Waals surface area contributed by atoms with E-state index >= 15 is 0 Å². The van der Waals surface area contributed by atoms with Gasteiger partial charge < -0.3 is 18.8 Å². The molecule has 1 heterocycles. The first-order valence-electron chi connectivity index (χ1n) is 10.0. The van der Waals surface area contributed by atoms with E-state index in [-0.39, 0.29) is 18.3 Å². The molecule has 5 nitrogen and oxygen atoms in total. The summed E-state index contributed by atoms with van der Waals surface area (Å²) in [6, 6.07) is 6.12. The zero-order chi connectivity index (χ0) is 19.7. The Labute approximate surface area is 164 Å². The fourth-order valence-corrected chi connectivity index (χ4v) is 3.17. The van der Waals surface area contributed by atoms with Gasteiger partial charge in [0.1, 0.15) is 5.75 Å². The molecular formula is C21H34BNO4. The minimum absolute atomic E-state index is 0.350. The Hall–Kier alpha value is -1.08. The van der Waals surface area contributed by atoms with Crippen LogP contribution in [0.1, 0.15) is 46.1 Å². The Bertz CT molecular complexity index is 629. The third-order valence-electron chi connectivity index (χ3n) is 5.97. The number of nitrogens with zero attached hydrogens (tertiary/aromatic N) is 1. The molecule has 0 spiro atoms. The Morgan fingerprint density at radius 2 is 1.81 bits per heavy atom. The molecule has 3 rings (SSSR count). The Morgan fingerprint density at radius 1 is 1.15 bits per heavy atom. The van der Waals surface area contributed by atoms with E-state index in [0.29, 0.717) is 0 Å². The van der Waals surface area contributed by atoms with Gasteiger partial charge in [-0.15, -0.1) is 0 Å². The van der Waals surface area contributed by atoms with Gasteiger partial charge in [0.2, 0.25) is 0 Å². The maximum absolute atomic E-state index is 6.27. The fraction of sp³-hybridized carbons (Fsp3) is 0.714. The first-order valence-corrected chi connectivity index (χ1v) is 10.0. The molecule has 6 heteroatoms. The first kappa shape index (κ1) is 20.7. The van der Waals surface area contributed by atoms with Gasteiger partial charge in [0, 0.05) is 19.7 Å². The quantitative estimate of drug-likeness (QED) is 0.490. The lowest BCUT2D eigenvalue weighted by Crippen LogP contribution is -2.41. The SMILES string of the molecule is COc1ccc(B2OC(C)(C)C(C)(C)O2)c(CN(C)CCOCC2CC2)c1. The summed E-state index contributed by atoms with van der Waals surface area (Å²) < 4.78 is 23.8. The van der Waals surface area contributed by atoms with Crippen LogP contribution >= 0.6 is 0 Å². The van der Waals surface area contributed by atoms with Gasteiger partial charge in [0.05, 0.1) is 24.9 Å². The molecule has 0 aromatic heterocycles. The number of ether oxygens (including phenoxy) is 2. The lowest BCUT2D eigenvalue weighted by Gasteiger charge is -2.32. The van der Waals surface area contributed by atoms with Crippen molar-refractivity contribution in [3.05, 3.63) is 23.8 Å². The second-order valence-electron chi connectivity index (χ2n) is 8.91. The molecule has 1 aliphatic carbocycles. The predicted octanol–water partition coefficient (Wildman–Crippen LogP) is 2.85. The summed E-state index contributed by atoms with van der Waals surface area (Å²) in [5.74, 6) is 1.66. The summed E-state index contributed by atoms with van der Waals surface area (Å²) in [4.78, 5) is 2.27. The fourth-order valence-electron chi connectivity index (χ4n) is 3.17. The van der Waals surface area contributed by atoms with Crippen LogP contribution in [0.3, 0.4) is 0 Å². The van der Waals surface area contributed by atoms with E-state index in [4.69, 9.17) is 18.8 Å². The summed E-state index contributed by atoms with van der Waals surface area (Å²) in [5, 5.41) is 0. The standard InChI is InChI=1S/C21H34BNO4/c1-20(2)21(3,4)27-22(26-20)19-10-9-18(24-6)13-17(19)14-23(5)11-12-25-15-16-7-8-16/h9-10,13,16H,7-8,11-12,14-15H2,1-6H3. The average Bonchev–Trinajstić information content (AvgIpc) is 3.38. The molecule has 1 saturated carbocycles. The van der Waals surface area contributed by atoms with Gasteiger partial charge in [0.15, 0.2) is 0 Å². The van der Waals surface area contributed by atoms with Crippen molar-refractivity contribution in [3.63, 3.8) is 0 Å². The molecule has 0 radical (unpaired) electrons. The Kier molecular flexibility index (Phi) is 6.21. The van der Waals surface area contributed by atoms with E-state index in [1.165, 1.54) is 12.8 Å². The molecule has 0 unspecified atom stereocenters. The van der Waals surface area contributed by atoms with Gasteiger partial charge >= 0.3 is 7.12 Å². The highest BCUT2D eigenvalue weighted by Crippen LogP contribution is 2.37. The second-order valence-corrected chi connectivity index (χ2v) is 8.91. The lowest BCUT2D eigenvalue weighted by molar-refractivity contribution is 0.00578. The number of hydrogen-bond acceptors (Lipinski definition) is 5. The normalized spacial score (nSPS) is 21.1. The highest BCUT2D eigenvalue weighted by atomic mass is 16.7. The van der Waals surface area contributed by atoms with Crippen molar-refractivity contribution >= 4 is 12.6 Å². The van der Waals surface area contributed by atoms with Crippen LogP contribution in [0.5, 0.6) is 5.75 Å². The molecule has 1 aliphatic heterocycles. The van der Waals surface area contributed by atoms with E-state index < -0.39 is 0 Å².